The lowest BCUT2D eigenvalue weighted by Gasteiger charge is -2.11. The largest absolute Gasteiger partial charge is 0.493 e. The molecule has 21 heavy (non-hydrogen) atoms. The molecule has 0 saturated heterocycles. The highest BCUT2D eigenvalue weighted by Crippen LogP contribution is 2.29. The number of hydrogen-bond acceptors (Lipinski definition) is 4. The molecule has 0 saturated carbocycles. The number of carbonyl (C=O) groups excluding carboxylic acids is 1. The van der Waals surface area contributed by atoms with E-state index in [9.17, 15) is 4.79 Å². The number of pyridine rings is 1. The number of rotatable bonds is 5. The van der Waals surface area contributed by atoms with Gasteiger partial charge in [-0.05, 0) is 34.9 Å². The van der Waals surface area contributed by atoms with E-state index in [1.165, 1.54) is 19.2 Å². The van der Waals surface area contributed by atoms with Crippen molar-refractivity contribution in [1.29, 1.82) is 0 Å². The van der Waals surface area contributed by atoms with Gasteiger partial charge in [0, 0.05) is 28.4 Å². The highest BCUT2D eigenvalue weighted by molar-refractivity contribution is 5.95. The molecule has 0 bridgehead atoms. The zero-order chi connectivity index (χ0) is 15.1. The number of azide groups is 1. The van der Waals surface area contributed by atoms with E-state index in [1.54, 1.807) is 24.5 Å². The van der Waals surface area contributed by atoms with Gasteiger partial charge >= 0.3 is 0 Å². The summed E-state index contributed by atoms with van der Waals surface area (Å²) in [5, 5.41) is 3.05. The quantitative estimate of drug-likeness (QED) is 0.478. The van der Waals surface area contributed by atoms with Crippen LogP contribution in [0.5, 0.6) is 11.5 Å². The standard InChI is InChI=1S/C14H12N4O3/c1-20-12-5-4-11(14(19)17-18-15)7-13(12)21-9-10-3-2-6-16-8-10/h2-8H,9H2,1H3. The van der Waals surface area contributed by atoms with Crippen LogP contribution in [0.3, 0.4) is 0 Å². The first kappa shape index (κ1) is 14.4. The van der Waals surface area contributed by atoms with Gasteiger partial charge in [0.2, 0.25) is 5.91 Å². The predicted molar refractivity (Wildman–Crippen MR) is 75.0 cm³/mol. The fourth-order valence-electron chi connectivity index (χ4n) is 1.67. The van der Waals surface area contributed by atoms with Crippen molar-refractivity contribution in [2.75, 3.05) is 7.11 Å². The minimum atomic E-state index is -0.675. The summed E-state index contributed by atoms with van der Waals surface area (Å²) in [7, 11) is 1.50. The Hall–Kier alpha value is -3.05. The molecule has 1 aromatic carbocycles. The molecule has 0 aliphatic carbocycles. The van der Waals surface area contributed by atoms with Crippen LogP contribution in [0, 0.1) is 0 Å². The van der Waals surface area contributed by atoms with Gasteiger partial charge in [-0.15, -0.1) is 0 Å². The molecule has 1 heterocycles. The Morgan fingerprint density at radius 3 is 2.90 bits per heavy atom. The number of aromatic nitrogens is 1. The van der Waals surface area contributed by atoms with Crippen LogP contribution in [-0.4, -0.2) is 18.0 Å². The third-order valence-electron chi connectivity index (χ3n) is 2.66. The Labute approximate surface area is 120 Å². The number of hydrogen-bond donors (Lipinski definition) is 0. The zero-order valence-electron chi connectivity index (χ0n) is 11.3. The maximum atomic E-state index is 11.5. The van der Waals surface area contributed by atoms with Crippen molar-refractivity contribution < 1.29 is 14.3 Å². The summed E-state index contributed by atoms with van der Waals surface area (Å²) < 4.78 is 10.8. The molecule has 106 valence electrons. The van der Waals surface area contributed by atoms with E-state index in [0.29, 0.717) is 11.5 Å². The maximum Gasteiger partial charge on any atom is 0.249 e. The molecular weight excluding hydrogens is 272 g/mol. The summed E-state index contributed by atoms with van der Waals surface area (Å²) in [5.74, 6) is 0.197. The van der Waals surface area contributed by atoms with Crippen LogP contribution in [0.4, 0.5) is 0 Å². The van der Waals surface area contributed by atoms with Crippen LogP contribution in [0.15, 0.2) is 47.8 Å². The van der Waals surface area contributed by atoms with Gasteiger partial charge in [-0.25, -0.2) is 0 Å². The van der Waals surface area contributed by atoms with Crippen molar-refractivity contribution in [2.24, 2.45) is 5.11 Å². The average molecular weight is 284 g/mol. The van der Waals surface area contributed by atoms with E-state index < -0.39 is 5.91 Å². The van der Waals surface area contributed by atoms with Crippen LogP contribution in [0.25, 0.3) is 10.4 Å². The minimum Gasteiger partial charge on any atom is -0.493 e. The van der Waals surface area contributed by atoms with Crippen molar-refractivity contribution in [3.05, 3.63) is 64.3 Å². The molecule has 0 aliphatic rings. The first-order valence-corrected chi connectivity index (χ1v) is 6.03. The molecular formula is C14H12N4O3. The van der Waals surface area contributed by atoms with E-state index in [-0.39, 0.29) is 12.2 Å². The lowest BCUT2D eigenvalue weighted by atomic mass is 10.2. The molecule has 2 rings (SSSR count). The molecule has 1 aromatic heterocycles. The van der Waals surface area contributed by atoms with Crippen LogP contribution < -0.4 is 9.47 Å². The van der Waals surface area contributed by atoms with Gasteiger partial charge in [0.15, 0.2) is 11.5 Å². The van der Waals surface area contributed by atoms with Gasteiger partial charge < -0.3 is 9.47 Å². The monoisotopic (exact) mass is 284 g/mol. The summed E-state index contributed by atoms with van der Waals surface area (Å²) >= 11 is 0. The van der Waals surface area contributed by atoms with Crippen molar-refractivity contribution >= 4 is 5.91 Å². The van der Waals surface area contributed by atoms with Crippen LogP contribution in [0.2, 0.25) is 0 Å². The number of methoxy groups -OCH3 is 1. The molecule has 1 amide bonds. The summed E-state index contributed by atoms with van der Waals surface area (Å²) in [6.45, 7) is 0.281. The second-order valence-corrected chi connectivity index (χ2v) is 4.01. The number of ether oxygens (including phenoxy) is 2. The first-order chi connectivity index (χ1) is 10.2. The summed E-state index contributed by atoms with van der Waals surface area (Å²) in [5.41, 5.74) is 9.41. The molecule has 2 aromatic rings. The molecule has 0 fully saturated rings. The number of carbonyl (C=O) groups is 1. The molecule has 0 radical (unpaired) electrons. The molecule has 7 heteroatoms. The van der Waals surface area contributed by atoms with Gasteiger partial charge in [-0.1, -0.05) is 6.07 Å². The van der Waals surface area contributed by atoms with Crippen LogP contribution in [-0.2, 0) is 6.61 Å². The third-order valence-corrected chi connectivity index (χ3v) is 2.66. The van der Waals surface area contributed by atoms with Gasteiger partial charge in [0.1, 0.15) is 6.61 Å². The van der Waals surface area contributed by atoms with E-state index in [2.05, 4.69) is 15.0 Å². The summed E-state index contributed by atoms with van der Waals surface area (Å²) in [4.78, 5) is 18.0. The number of nitrogens with zero attached hydrogens (tertiary/aromatic N) is 4. The Balaban J connectivity index is 2.21. The van der Waals surface area contributed by atoms with E-state index in [1.807, 2.05) is 6.07 Å². The van der Waals surface area contributed by atoms with Crippen LogP contribution in [0.1, 0.15) is 15.9 Å². The predicted octanol–water partition coefficient (Wildman–Crippen LogP) is 3.12. The van der Waals surface area contributed by atoms with Crippen molar-refractivity contribution in [3.63, 3.8) is 0 Å². The van der Waals surface area contributed by atoms with Gasteiger partial charge in [-0.2, -0.15) is 0 Å². The van der Waals surface area contributed by atoms with Crippen molar-refractivity contribution in [3.8, 4) is 11.5 Å². The number of amides is 1. The topological polar surface area (TPSA) is 97.2 Å². The molecule has 0 N–H and O–H groups in total. The second-order valence-electron chi connectivity index (χ2n) is 4.01. The lowest BCUT2D eigenvalue weighted by Crippen LogP contribution is -2.00. The second kappa shape index (κ2) is 6.93. The minimum absolute atomic E-state index is 0.231. The fourth-order valence-corrected chi connectivity index (χ4v) is 1.67. The van der Waals surface area contributed by atoms with E-state index in [4.69, 9.17) is 15.0 Å². The highest BCUT2D eigenvalue weighted by atomic mass is 16.5. The molecule has 0 spiro atoms. The lowest BCUT2D eigenvalue weighted by molar-refractivity contribution is 0.1000. The van der Waals surface area contributed by atoms with E-state index >= 15 is 0 Å². The average Bonchev–Trinajstić information content (AvgIpc) is 2.54. The molecule has 0 aliphatic heterocycles. The van der Waals surface area contributed by atoms with Gasteiger partial charge in [0.25, 0.3) is 0 Å². The molecule has 7 nitrogen and oxygen atoms in total. The fraction of sp³-hybridized carbons (Fsp3) is 0.143. The Morgan fingerprint density at radius 1 is 1.38 bits per heavy atom. The number of benzene rings is 1. The third kappa shape index (κ3) is 3.71. The van der Waals surface area contributed by atoms with Crippen LogP contribution >= 0.6 is 0 Å². The molecule has 0 unspecified atom stereocenters. The van der Waals surface area contributed by atoms with Crippen molar-refractivity contribution in [1.82, 2.24) is 4.98 Å². The van der Waals surface area contributed by atoms with Gasteiger partial charge in [0.05, 0.1) is 7.11 Å². The summed E-state index contributed by atoms with van der Waals surface area (Å²) in [6.07, 6.45) is 3.35. The SMILES string of the molecule is COc1ccc(C(=O)N=[N+]=[N-])cc1OCc1cccnc1. The highest BCUT2D eigenvalue weighted by Gasteiger charge is 2.10. The summed E-state index contributed by atoms with van der Waals surface area (Å²) in [6, 6.07) is 8.24. The zero-order valence-corrected chi connectivity index (χ0v) is 11.3. The Morgan fingerprint density at radius 2 is 2.24 bits per heavy atom. The molecule has 0 atom stereocenters. The Kier molecular flexibility index (Phi) is 4.74. The normalized spacial score (nSPS) is 9.57. The smallest absolute Gasteiger partial charge is 0.249 e. The van der Waals surface area contributed by atoms with E-state index in [0.717, 1.165) is 5.56 Å². The van der Waals surface area contributed by atoms with Gasteiger partial charge in [-0.3, -0.25) is 9.78 Å². The Bertz CT molecular complexity index is 682. The maximum absolute atomic E-state index is 11.5. The van der Waals surface area contributed by atoms with Crippen molar-refractivity contribution in [2.45, 2.75) is 6.61 Å². The first-order valence-electron chi connectivity index (χ1n) is 6.03.